The third-order valence-corrected chi connectivity index (χ3v) is 4.51. The van der Waals surface area contributed by atoms with E-state index in [4.69, 9.17) is 0 Å². The second-order valence-electron chi connectivity index (χ2n) is 5.67. The first-order valence-electron chi connectivity index (χ1n) is 8.14. The molecule has 0 radical (unpaired) electrons. The Hall–Kier alpha value is -2.87. The molecule has 0 unspecified atom stereocenters. The maximum absolute atomic E-state index is 13.0. The molecule has 8 heteroatoms. The number of benzene rings is 1. The zero-order chi connectivity index (χ0) is 18.5. The van der Waals surface area contributed by atoms with E-state index in [9.17, 15) is 14.0 Å². The maximum Gasteiger partial charge on any atom is 0.277 e. The molecular weight excluding hydrogens is 355 g/mol. The van der Waals surface area contributed by atoms with E-state index in [0.717, 1.165) is 16.9 Å². The highest BCUT2D eigenvalue weighted by atomic mass is 32.1. The monoisotopic (exact) mass is 372 g/mol. The van der Waals surface area contributed by atoms with Gasteiger partial charge in [-0.05, 0) is 30.2 Å². The lowest BCUT2D eigenvalue weighted by Crippen LogP contribution is -2.26. The number of hydrogen-bond acceptors (Lipinski definition) is 5. The number of hydrogen-bond donors (Lipinski definition) is 1. The highest BCUT2D eigenvalue weighted by Crippen LogP contribution is 2.21. The molecule has 3 aromatic rings. The lowest BCUT2D eigenvalue weighted by molar-refractivity contribution is 0.101. The molecular formula is C18H17FN4O2S. The number of anilines is 1. The number of aromatic nitrogens is 3. The minimum atomic E-state index is -0.419. The number of carbonyl (C=O) groups excluding carboxylic acids is 1. The first kappa shape index (κ1) is 17.9. The predicted molar refractivity (Wildman–Crippen MR) is 98.1 cm³/mol. The van der Waals surface area contributed by atoms with Gasteiger partial charge in [-0.25, -0.2) is 14.1 Å². The van der Waals surface area contributed by atoms with Crippen molar-refractivity contribution in [3.63, 3.8) is 0 Å². The Bertz CT molecular complexity index is 966. The smallest absolute Gasteiger partial charge is 0.277 e. The van der Waals surface area contributed by atoms with E-state index in [2.05, 4.69) is 15.4 Å². The van der Waals surface area contributed by atoms with E-state index in [1.54, 1.807) is 18.3 Å². The zero-order valence-electron chi connectivity index (χ0n) is 14.1. The molecule has 0 atom stereocenters. The molecule has 1 aromatic carbocycles. The summed E-state index contributed by atoms with van der Waals surface area (Å²) in [5, 5.41) is 7.21. The number of rotatable bonds is 6. The van der Waals surface area contributed by atoms with Crippen molar-refractivity contribution in [3.8, 4) is 0 Å². The molecule has 0 saturated heterocycles. The van der Waals surface area contributed by atoms with Crippen LogP contribution in [0.4, 0.5) is 9.52 Å². The van der Waals surface area contributed by atoms with Crippen LogP contribution in [0.3, 0.4) is 0 Å². The number of nitrogens with one attached hydrogen (secondary N) is 1. The van der Waals surface area contributed by atoms with Crippen LogP contribution in [-0.2, 0) is 13.0 Å². The summed E-state index contributed by atoms with van der Waals surface area (Å²) < 4.78 is 14.2. The van der Waals surface area contributed by atoms with E-state index in [0.29, 0.717) is 18.1 Å². The summed E-state index contributed by atoms with van der Waals surface area (Å²) in [6, 6.07) is 8.99. The van der Waals surface area contributed by atoms with E-state index < -0.39 is 5.91 Å². The van der Waals surface area contributed by atoms with Gasteiger partial charge in [0.25, 0.3) is 11.5 Å². The van der Waals surface area contributed by atoms with Crippen molar-refractivity contribution in [2.24, 2.45) is 0 Å². The topological polar surface area (TPSA) is 76.9 Å². The van der Waals surface area contributed by atoms with Crippen molar-refractivity contribution in [1.29, 1.82) is 0 Å². The summed E-state index contributed by atoms with van der Waals surface area (Å²) in [7, 11) is 0. The van der Waals surface area contributed by atoms with Gasteiger partial charge in [0.1, 0.15) is 11.5 Å². The Kier molecular flexibility index (Phi) is 5.52. The second kappa shape index (κ2) is 8.01. The lowest BCUT2D eigenvalue weighted by Gasteiger charge is -2.05. The third kappa shape index (κ3) is 4.40. The number of amides is 1. The Morgan fingerprint density at radius 1 is 1.23 bits per heavy atom. The summed E-state index contributed by atoms with van der Waals surface area (Å²) >= 11 is 1.34. The van der Waals surface area contributed by atoms with Crippen LogP contribution < -0.4 is 10.9 Å². The van der Waals surface area contributed by atoms with Gasteiger partial charge in [-0.2, -0.15) is 5.10 Å². The van der Waals surface area contributed by atoms with Crippen molar-refractivity contribution in [3.05, 3.63) is 74.9 Å². The predicted octanol–water partition coefficient (Wildman–Crippen LogP) is 3.09. The largest absolute Gasteiger partial charge is 0.296 e. The number of aryl methyl sites for hydroxylation is 1. The van der Waals surface area contributed by atoms with Gasteiger partial charge in [0.05, 0.1) is 0 Å². The normalized spacial score (nSPS) is 10.7. The van der Waals surface area contributed by atoms with Gasteiger partial charge < -0.3 is 0 Å². The average Bonchev–Trinajstić information content (AvgIpc) is 3.06. The van der Waals surface area contributed by atoms with Crippen LogP contribution in [0.2, 0.25) is 0 Å². The summed E-state index contributed by atoms with van der Waals surface area (Å²) in [5.41, 5.74) is 0.883. The first-order chi connectivity index (χ1) is 12.5. The van der Waals surface area contributed by atoms with Gasteiger partial charge in [0.2, 0.25) is 0 Å². The molecule has 2 heterocycles. The Labute approximate surface area is 153 Å². The summed E-state index contributed by atoms with van der Waals surface area (Å²) in [6.07, 6.45) is 3.03. The number of carbonyl (C=O) groups is 1. The van der Waals surface area contributed by atoms with Crippen molar-refractivity contribution in [2.45, 2.75) is 26.3 Å². The second-order valence-corrected chi connectivity index (χ2v) is 6.78. The maximum atomic E-state index is 13.0. The molecule has 0 aliphatic heterocycles. The minimum Gasteiger partial charge on any atom is -0.296 e. The van der Waals surface area contributed by atoms with E-state index in [-0.39, 0.29) is 17.1 Å². The Balaban J connectivity index is 1.68. The van der Waals surface area contributed by atoms with Gasteiger partial charge in [0, 0.05) is 30.1 Å². The summed E-state index contributed by atoms with van der Waals surface area (Å²) in [5.74, 6) is -0.694. The minimum absolute atomic E-state index is 0.160. The van der Waals surface area contributed by atoms with Gasteiger partial charge in [0.15, 0.2) is 5.13 Å². The quantitative estimate of drug-likeness (QED) is 0.721. The molecule has 0 saturated carbocycles. The molecule has 0 fully saturated rings. The van der Waals surface area contributed by atoms with Gasteiger partial charge >= 0.3 is 0 Å². The molecule has 26 heavy (non-hydrogen) atoms. The number of thiazole rings is 1. The highest BCUT2D eigenvalue weighted by Gasteiger charge is 2.12. The van der Waals surface area contributed by atoms with Crippen LogP contribution in [0, 0.1) is 5.82 Å². The zero-order valence-corrected chi connectivity index (χ0v) is 14.9. The fourth-order valence-electron chi connectivity index (χ4n) is 2.35. The summed E-state index contributed by atoms with van der Waals surface area (Å²) in [6.45, 7) is 2.39. The molecule has 3 rings (SSSR count). The van der Waals surface area contributed by atoms with E-state index in [1.165, 1.54) is 40.3 Å². The van der Waals surface area contributed by atoms with Crippen LogP contribution in [0.1, 0.15) is 34.3 Å². The van der Waals surface area contributed by atoms with Gasteiger partial charge in [-0.1, -0.05) is 19.1 Å². The standard InChI is InChI=1S/C18H17FN4O2S/c1-2-9-23-16(24)8-7-15(22-23)17(25)21-18-20-11-14(26-18)10-12-3-5-13(19)6-4-12/h3-8,11H,2,9-10H2,1H3,(H,20,21,25). The SMILES string of the molecule is CCCn1nc(C(=O)Nc2ncc(Cc3ccc(F)cc3)s2)ccc1=O. The molecule has 0 spiro atoms. The fourth-order valence-corrected chi connectivity index (χ4v) is 3.20. The van der Waals surface area contributed by atoms with Crippen LogP contribution in [0.5, 0.6) is 0 Å². The van der Waals surface area contributed by atoms with Crippen molar-refractivity contribution in [2.75, 3.05) is 5.32 Å². The van der Waals surface area contributed by atoms with E-state index >= 15 is 0 Å². The molecule has 0 aliphatic rings. The fraction of sp³-hybridized carbons (Fsp3) is 0.222. The summed E-state index contributed by atoms with van der Waals surface area (Å²) in [4.78, 5) is 29.1. The Morgan fingerprint density at radius 3 is 2.73 bits per heavy atom. The van der Waals surface area contributed by atoms with Crippen molar-refractivity contribution < 1.29 is 9.18 Å². The van der Waals surface area contributed by atoms with Crippen molar-refractivity contribution >= 4 is 22.4 Å². The van der Waals surface area contributed by atoms with Crippen LogP contribution in [0.25, 0.3) is 0 Å². The highest BCUT2D eigenvalue weighted by molar-refractivity contribution is 7.15. The molecule has 134 valence electrons. The van der Waals surface area contributed by atoms with Gasteiger partial charge in [-0.3, -0.25) is 14.9 Å². The number of halogens is 1. The lowest BCUT2D eigenvalue weighted by atomic mass is 10.1. The molecule has 2 aromatic heterocycles. The first-order valence-corrected chi connectivity index (χ1v) is 8.95. The van der Waals surface area contributed by atoms with Crippen LogP contribution >= 0.6 is 11.3 Å². The number of nitrogens with zero attached hydrogens (tertiary/aromatic N) is 3. The molecule has 6 nitrogen and oxygen atoms in total. The van der Waals surface area contributed by atoms with Crippen molar-refractivity contribution in [1.82, 2.24) is 14.8 Å². The third-order valence-electron chi connectivity index (χ3n) is 3.60. The van der Waals surface area contributed by atoms with Gasteiger partial charge in [-0.15, -0.1) is 11.3 Å². The molecule has 1 N–H and O–H groups in total. The molecule has 0 aliphatic carbocycles. The average molecular weight is 372 g/mol. The van der Waals surface area contributed by atoms with E-state index in [1.807, 2.05) is 6.92 Å². The van der Waals surface area contributed by atoms with Crippen LogP contribution in [-0.4, -0.2) is 20.7 Å². The molecule has 1 amide bonds. The van der Waals surface area contributed by atoms with Crippen LogP contribution in [0.15, 0.2) is 47.4 Å². The Morgan fingerprint density at radius 2 is 2.00 bits per heavy atom. The molecule has 0 bridgehead atoms.